The molecule has 5 heteroatoms. The van der Waals surface area contributed by atoms with Crippen LogP contribution in [0.4, 0.5) is 0 Å². The van der Waals surface area contributed by atoms with E-state index in [0.29, 0.717) is 6.61 Å². The average Bonchev–Trinajstić information content (AvgIpc) is 2.95. The fourth-order valence-electron chi connectivity index (χ4n) is 3.22. The highest BCUT2D eigenvalue weighted by Crippen LogP contribution is 2.39. The number of carbonyl (C=O) groups is 1. The first-order chi connectivity index (χ1) is 10.7. The number of nitrogens with zero attached hydrogens (tertiary/aromatic N) is 1. The molecule has 0 aliphatic carbocycles. The highest BCUT2D eigenvalue weighted by molar-refractivity contribution is 8.01. The molecule has 22 heavy (non-hydrogen) atoms. The summed E-state index contributed by atoms with van der Waals surface area (Å²) in [6, 6.07) is 10.5. The van der Waals surface area contributed by atoms with Gasteiger partial charge < -0.3 is 4.74 Å². The zero-order chi connectivity index (χ0) is 15.4. The summed E-state index contributed by atoms with van der Waals surface area (Å²) in [6.07, 6.45) is 2.17. The lowest BCUT2D eigenvalue weighted by Crippen LogP contribution is -2.51. The topological polar surface area (TPSA) is 41.6 Å². The second kappa shape index (κ2) is 7.02. The summed E-state index contributed by atoms with van der Waals surface area (Å²) < 4.78 is 5.13. The number of thioether (sulfide) groups is 1. The van der Waals surface area contributed by atoms with Crippen LogP contribution in [-0.2, 0) is 16.1 Å². The fourth-order valence-corrected chi connectivity index (χ4v) is 4.62. The van der Waals surface area contributed by atoms with Gasteiger partial charge in [-0.05, 0) is 25.3 Å². The molecule has 0 saturated carbocycles. The lowest BCUT2D eigenvalue weighted by Gasteiger charge is -2.39. The first kappa shape index (κ1) is 15.8. The van der Waals surface area contributed by atoms with Crippen LogP contribution in [0.2, 0.25) is 0 Å². The van der Waals surface area contributed by atoms with Crippen molar-refractivity contribution in [2.45, 2.75) is 37.2 Å². The molecular weight excluding hydrogens is 296 g/mol. The monoisotopic (exact) mass is 320 g/mol. The molecule has 2 aliphatic heterocycles. The van der Waals surface area contributed by atoms with E-state index in [4.69, 9.17) is 4.74 Å². The van der Waals surface area contributed by atoms with Crippen molar-refractivity contribution in [2.75, 3.05) is 25.4 Å². The molecule has 4 nitrogen and oxygen atoms in total. The van der Waals surface area contributed by atoms with Gasteiger partial charge in [0.05, 0.1) is 11.5 Å². The van der Waals surface area contributed by atoms with Gasteiger partial charge in [-0.15, -0.1) is 11.8 Å². The average molecular weight is 320 g/mol. The molecule has 0 amide bonds. The molecule has 3 rings (SSSR count). The van der Waals surface area contributed by atoms with Crippen molar-refractivity contribution in [3.8, 4) is 0 Å². The van der Waals surface area contributed by atoms with E-state index in [-0.39, 0.29) is 16.9 Å². The van der Waals surface area contributed by atoms with E-state index in [1.165, 1.54) is 5.56 Å². The summed E-state index contributed by atoms with van der Waals surface area (Å²) in [6.45, 7) is 5.48. The molecule has 120 valence electrons. The van der Waals surface area contributed by atoms with Crippen molar-refractivity contribution in [2.24, 2.45) is 0 Å². The van der Waals surface area contributed by atoms with Crippen LogP contribution in [0.25, 0.3) is 0 Å². The highest BCUT2D eigenvalue weighted by atomic mass is 32.2. The van der Waals surface area contributed by atoms with Gasteiger partial charge in [0, 0.05) is 25.4 Å². The van der Waals surface area contributed by atoms with Crippen molar-refractivity contribution in [1.82, 2.24) is 10.2 Å². The number of likely N-dealkylation sites (tertiary alicyclic amines) is 1. The van der Waals surface area contributed by atoms with Gasteiger partial charge in [-0.3, -0.25) is 15.0 Å². The summed E-state index contributed by atoms with van der Waals surface area (Å²) in [5.41, 5.74) is 1.37. The number of carbonyl (C=O) groups excluding carboxylic acids is 1. The predicted octanol–water partition coefficient (Wildman–Crippen LogP) is 2.25. The standard InChI is InChI=1S/C17H24N2O2S/c1-2-21-16(20)15-13-22-17(18-15)8-10-19(11-9-17)12-14-6-4-3-5-7-14/h3-7,15,18H,2,8-13H2,1H3. The first-order valence-electron chi connectivity index (χ1n) is 8.05. The van der Waals surface area contributed by atoms with Crippen LogP contribution in [-0.4, -0.2) is 47.2 Å². The van der Waals surface area contributed by atoms with Crippen molar-refractivity contribution in [1.29, 1.82) is 0 Å². The lowest BCUT2D eigenvalue weighted by molar-refractivity contribution is -0.145. The zero-order valence-corrected chi connectivity index (χ0v) is 13.9. The van der Waals surface area contributed by atoms with E-state index in [9.17, 15) is 4.79 Å². The maximum atomic E-state index is 11.9. The second-order valence-electron chi connectivity index (χ2n) is 6.02. The summed E-state index contributed by atoms with van der Waals surface area (Å²) >= 11 is 1.90. The van der Waals surface area contributed by atoms with E-state index >= 15 is 0 Å². The third kappa shape index (κ3) is 3.65. The van der Waals surface area contributed by atoms with E-state index in [1.54, 1.807) is 0 Å². The molecule has 1 unspecified atom stereocenters. The maximum absolute atomic E-state index is 11.9. The molecule has 1 atom stereocenters. The molecule has 0 radical (unpaired) electrons. The number of hydrogen-bond acceptors (Lipinski definition) is 5. The minimum absolute atomic E-state index is 0.0740. The third-order valence-corrected chi connectivity index (χ3v) is 6.03. The van der Waals surface area contributed by atoms with Gasteiger partial charge in [-0.1, -0.05) is 30.3 Å². The van der Waals surface area contributed by atoms with E-state index in [1.807, 2.05) is 18.7 Å². The molecule has 2 saturated heterocycles. The Morgan fingerprint density at radius 1 is 1.36 bits per heavy atom. The number of piperidine rings is 1. The van der Waals surface area contributed by atoms with E-state index in [2.05, 4.69) is 40.5 Å². The third-order valence-electron chi connectivity index (χ3n) is 4.45. The smallest absolute Gasteiger partial charge is 0.324 e. The largest absolute Gasteiger partial charge is 0.465 e. The Hall–Kier alpha value is -1.04. The van der Waals surface area contributed by atoms with Gasteiger partial charge in [-0.25, -0.2) is 0 Å². The molecule has 1 spiro atoms. The van der Waals surface area contributed by atoms with Crippen molar-refractivity contribution in [3.05, 3.63) is 35.9 Å². The summed E-state index contributed by atoms with van der Waals surface area (Å²) in [5.74, 6) is 0.732. The molecule has 2 fully saturated rings. The van der Waals surface area contributed by atoms with Gasteiger partial charge in [-0.2, -0.15) is 0 Å². The minimum Gasteiger partial charge on any atom is -0.465 e. The Balaban J connectivity index is 1.50. The Labute approximate surface area is 136 Å². The predicted molar refractivity (Wildman–Crippen MR) is 89.7 cm³/mol. The fraction of sp³-hybridized carbons (Fsp3) is 0.588. The van der Waals surface area contributed by atoms with Gasteiger partial charge >= 0.3 is 5.97 Å². The Morgan fingerprint density at radius 2 is 2.09 bits per heavy atom. The van der Waals surface area contributed by atoms with Crippen LogP contribution in [0.5, 0.6) is 0 Å². The number of hydrogen-bond donors (Lipinski definition) is 1. The van der Waals surface area contributed by atoms with Crippen molar-refractivity contribution < 1.29 is 9.53 Å². The minimum atomic E-state index is -0.134. The quantitative estimate of drug-likeness (QED) is 0.862. The number of nitrogens with one attached hydrogen (secondary N) is 1. The molecule has 1 aromatic carbocycles. The molecule has 0 aromatic heterocycles. The number of ether oxygens (including phenoxy) is 1. The summed E-state index contributed by atoms with van der Waals surface area (Å²) in [5, 5.41) is 3.54. The SMILES string of the molecule is CCOC(=O)C1CSC2(CCN(Cc3ccccc3)CC2)N1. The van der Waals surface area contributed by atoms with Crippen LogP contribution in [0.3, 0.4) is 0 Å². The molecule has 1 aromatic rings. The van der Waals surface area contributed by atoms with Gasteiger partial charge in [0.1, 0.15) is 6.04 Å². The van der Waals surface area contributed by atoms with Crippen molar-refractivity contribution in [3.63, 3.8) is 0 Å². The van der Waals surface area contributed by atoms with Crippen molar-refractivity contribution >= 4 is 17.7 Å². The van der Waals surface area contributed by atoms with Gasteiger partial charge in [0.2, 0.25) is 0 Å². The van der Waals surface area contributed by atoms with E-state index in [0.717, 1.165) is 38.2 Å². The van der Waals surface area contributed by atoms with Crippen LogP contribution in [0.1, 0.15) is 25.3 Å². The second-order valence-corrected chi connectivity index (χ2v) is 7.42. The normalized spacial score (nSPS) is 24.5. The highest BCUT2D eigenvalue weighted by Gasteiger charge is 2.44. The van der Waals surface area contributed by atoms with Gasteiger partial charge in [0.15, 0.2) is 0 Å². The Morgan fingerprint density at radius 3 is 2.77 bits per heavy atom. The summed E-state index contributed by atoms with van der Waals surface area (Å²) in [7, 11) is 0. The number of rotatable bonds is 4. The molecular formula is C17H24N2O2S. The van der Waals surface area contributed by atoms with E-state index < -0.39 is 0 Å². The molecule has 0 bridgehead atoms. The summed E-state index contributed by atoms with van der Waals surface area (Å²) in [4.78, 5) is 14.4. The van der Waals surface area contributed by atoms with Crippen LogP contribution in [0.15, 0.2) is 30.3 Å². The molecule has 2 aliphatic rings. The Kier molecular flexibility index (Phi) is 5.06. The Bertz CT molecular complexity index is 501. The van der Waals surface area contributed by atoms with Gasteiger partial charge in [0.25, 0.3) is 0 Å². The molecule has 1 N–H and O–H groups in total. The van der Waals surface area contributed by atoms with Crippen LogP contribution in [0, 0.1) is 0 Å². The maximum Gasteiger partial charge on any atom is 0.324 e. The zero-order valence-electron chi connectivity index (χ0n) is 13.1. The van der Waals surface area contributed by atoms with Crippen LogP contribution >= 0.6 is 11.8 Å². The first-order valence-corrected chi connectivity index (χ1v) is 9.04. The number of esters is 1. The molecule has 2 heterocycles. The lowest BCUT2D eigenvalue weighted by atomic mass is 10.0. The number of benzene rings is 1. The van der Waals surface area contributed by atoms with Crippen LogP contribution < -0.4 is 5.32 Å².